The van der Waals surface area contributed by atoms with Crippen molar-refractivity contribution < 1.29 is 13.9 Å². The summed E-state index contributed by atoms with van der Waals surface area (Å²) in [4.78, 5) is 12.6. The molecule has 0 aliphatic heterocycles. The van der Waals surface area contributed by atoms with Crippen LogP contribution in [0.15, 0.2) is 44.6 Å². The first-order chi connectivity index (χ1) is 10.2. The molecule has 0 saturated heterocycles. The largest absolute Gasteiger partial charge is 0.480 e. The molecule has 0 atom stereocenters. The van der Waals surface area contributed by atoms with Crippen molar-refractivity contribution in [2.45, 2.75) is 0 Å². The lowest BCUT2D eigenvalue weighted by Crippen LogP contribution is -2.10. The van der Waals surface area contributed by atoms with Crippen LogP contribution in [0.3, 0.4) is 0 Å². The van der Waals surface area contributed by atoms with Crippen LogP contribution in [-0.4, -0.2) is 12.4 Å². The zero-order chi connectivity index (χ0) is 14.8. The number of Topliss-reactive ketones (excluding diaryl/α,β-unsaturated/α-hetero) is 1. The Morgan fingerprint density at radius 1 is 1.33 bits per heavy atom. The molecule has 6 heteroatoms. The molecule has 0 radical (unpaired) electrons. The van der Waals surface area contributed by atoms with E-state index in [1.54, 1.807) is 18.2 Å². The summed E-state index contributed by atoms with van der Waals surface area (Å²) in [6.45, 7) is -0.134. The average Bonchev–Trinajstić information content (AvgIpc) is 3.08. The minimum atomic E-state index is -0.139. The third-order valence-electron chi connectivity index (χ3n) is 2.85. The quantitative estimate of drug-likeness (QED) is 0.646. The molecular weight excluding hydrogens is 354 g/mol. The van der Waals surface area contributed by atoms with Gasteiger partial charge in [-0.2, -0.15) is 5.26 Å². The van der Waals surface area contributed by atoms with Crippen molar-refractivity contribution >= 4 is 44.0 Å². The number of ketones is 1. The van der Waals surface area contributed by atoms with Gasteiger partial charge in [0.2, 0.25) is 11.5 Å². The summed E-state index contributed by atoms with van der Waals surface area (Å²) in [7, 11) is 0. The third kappa shape index (κ3) is 2.71. The number of carbonyl (C=O) groups is 1. The van der Waals surface area contributed by atoms with Gasteiger partial charge in [0.1, 0.15) is 11.7 Å². The maximum Gasteiger partial charge on any atom is 0.246 e. The Labute approximate surface area is 132 Å². The van der Waals surface area contributed by atoms with Crippen LogP contribution in [0.25, 0.3) is 11.0 Å². The Balaban J connectivity index is 1.85. The summed E-state index contributed by atoms with van der Waals surface area (Å²) in [5, 5.41) is 9.78. The summed E-state index contributed by atoms with van der Waals surface area (Å²) < 4.78 is 11.8. The van der Waals surface area contributed by atoms with Crippen LogP contribution in [0.4, 0.5) is 0 Å². The normalized spacial score (nSPS) is 10.5. The number of hydrogen-bond acceptors (Lipinski definition) is 5. The number of ether oxygens (including phenoxy) is 1. The first kappa shape index (κ1) is 13.9. The summed E-state index contributed by atoms with van der Waals surface area (Å²) in [6, 6.07) is 12.7. The van der Waals surface area contributed by atoms with Gasteiger partial charge in [-0.3, -0.25) is 4.79 Å². The number of nitrogens with zero attached hydrogens (tertiary/aromatic N) is 1. The van der Waals surface area contributed by atoms with E-state index in [-0.39, 0.29) is 18.2 Å². The maximum absolute atomic E-state index is 12.0. The molecule has 21 heavy (non-hydrogen) atoms. The van der Waals surface area contributed by atoms with E-state index in [4.69, 9.17) is 14.4 Å². The minimum absolute atomic E-state index is 0.0800. The van der Waals surface area contributed by atoms with E-state index in [9.17, 15) is 4.79 Å². The number of carbonyl (C=O) groups excluding carboxylic acids is 1. The van der Waals surface area contributed by atoms with Crippen molar-refractivity contribution in [1.29, 1.82) is 5.26 Å². The lowest BCUT2D eigenvalue weighted by molar-refractivity contribution is 0.0926. The first-order valence-electron chi connectivity index (χ1n) is 6.02. The Kier molecular flexibility index (Phi) is 3.78. The topological polar surface area (TPSA) is 63.2 Å². The van der Waals surface area contributed by atoms with Gasteiger partial charge in [-0.1, -0.05) is 12.1 Å². The molecular formula is C15H8BrNO3S. The highest BCUT2D eigenvalue weighted by Gasteiger charge is 2.17. The highest BCUT2D eigenvalue weighted by atomic mass is 79.9. The number of para-hydroxylation sites is 1. The second kappa shape index (κ2) is 5.72. The number of rotatable bonds is 4. The Morgan fingerprint density at radius 2 is 2.14 bits per heavy atom. The molecule has 0 amide bonds. The fourth-order valence-electron chi connectivity index (χ4n) is 1.91. The summed E-state index contributed by atoms with van der Waals surface area (Å²) in [5.74, 6) is 0.258. The molecule has 3 aromatic rings. The molecule has 2 heterocycles. The lowest BCUT2D eigenvalue weighted by Gasteiger charge is -2.02. The van der Waals surface area contributed by atoms with Crippen LogP contribution in [0, 0.1) is 11.3 Å². The number of halogens is 1. The van der Waals surface area contributed by atoms with Crippen LogP contribution in [-0.2, 0) is 0 Å². The Bertz CT molecular complexity index is 859. The van der Waals surface area contributed by atoms with Gasteiger partial charge in [0.05, 0.1) is 14.0 Å². The molecule has 0 saturated carbocycles. The SMILES string of the molecule is N#Cc1oc2ccccc2c1OCC(=O)c1ccc(Br)s1. The number of nitriles is 1. The van der Waals surface area contributed by atoms with Crippen molar-refractivity contribution in [3.05, 3.63) is 50.8 Å². The molecule has 1 aromatic carbocycles. The van der Waals surface area contributed by atoms with Crippen molar-refractivity contribution in [3.8, 4) is 11.8 Å². The van der Waals surface area contributed by atoms with Crippen molar-refractivity contribution in [2.75, 3.05) is 6.61 Å². The first-order valence-corrected chi connectivity index (χ1v) is 7.63. The van der Waals surface area contributed by atoms with Crippen LogP contribution in [0.1, 0.15) is 15.4 Å². The predicted octanol–water partition coefficient (Wildman–Crippen LogP) is 4.39. The number of fused-ring (bicyclic) bond motifs is 1. The Hall–Kier alpha value is -2.10. The molecule has 0 unspecified atom stereocenters. The van der Waals surface area contributed by atoms with Crippen LogP contribution in [0.5, 0.6) is 5.75 Å². The second-order valence-corrected chi connectivity index (χ2v) is 6.65. The maximum atomic E-state index is 12.0. The molecule has 0 aliphatic rings. The van der Waals surface area contributed by atoms with E-state index >= 15 is 0 Å². The van der Waals surface area contributed by atoms with Crippen molar-refractivity contribution in [3.63, 3.8) is 0 Å². The van der Waals surface area contributed by atoms with Gasteiger partial charge in [-0.25, -0.2) is 0 Å². The molecule has 0 spiro atoms. The lowest BCUT2D eigenvalue weighted by atomic mass is 10.2. The zero-order valence-electron chi connectivity index (χ0n) is 10.6. The van der Waals surface area contributed by atoms with Gasteiger partial charge >= 0.3 is 0 Å². The van der Waals surface area contributed by atoms with Gasteiger partial charge in [-0.15, -0.1) is 11.3 Å². The van der Waals surface area contributed by atoms with E-state index in [0.717, 1.165) is 3.79 Å². The molecule has 0 N–H and O–H groups in total. The predicted molar refractivity (Wildman–Crippen MR) is 82.8 cm³/mol. The van der Waals surface area contributed by atoms with Crippen LogP contribution < -0.4 is 4.74 Å². The van der Waals surface area contributed by atoms with Gasteiger partial charge < -0.3 is 9.15 Å². The number of thiophene rings is 1. The smallest absolute Gasteiger partial charge is 0.246 e. The fraction of sp³-hybridized carbons (Fsp3) is 0.0667. The Morgan fingerprint density at radius 3 is 2.86 bits per heavy atom. The minimum Gasteiger partial charge on any atom is -0.480 e. The van der Waals surface area contributed by atoms with Gasteiger partial charge in [-0.05, 0) is 40.2 Å². The van der Waals surface area contributed by atoms with E-state index in [2.05, 4.69) is 15.9 Å². The third-order valence-corrected chi connectivity index (χ3v) is 4.51. The van der Waals surface area contributed by atoms with E-state index < -0.39 is 0 Å². The molecule has 0 aliphatic carbocycles. The standard InChI is InChI=1S/C15H8BrNO3S/c16-14-6-5-13(21-14)10(18)8-19-15-9-3-1-2-4-11(9)20-12(15)7-17/h1-6H,8H2. The summed E-state index contributed by atoms with van der Waals surface area (Å²) in [6.07, 6.45) is 0. The van der Waals surface area contributed by atoms with Crippen LogP contribution in [0.2, 0.25) is 0 Å². The van der Waals surface area contributed by atoms with E-state index in [0.29, 0.717) is 21.6 Å². The average molecular weight is 362 g/mol. The fourth-order valence-corrected chi connectivity index (χ4v) is 3.22. The van der Waals surface area contributed by atoms with E-state index in [1.165, 1.54) is 11.3 Å². The molecule has 104 valence electrons. The number of furan rings is 1. The van der Waals surface area contributed by atoms with Crippen LogP contribution >= 0.6 is 27.3 Å². The van der Waals surface area contributed by atoms with E-state index in [1.807, 2.05) is 24.3 Å². The van der Waals surface area contributed by atoms with Gasteiger partial charge in [0.15, 0.2) is 12.4 Å². The molecule has 4 nitrogen and oxygen atoms in total. The molecule has 0 bridgehead atoms. The van der Waals surface area contributed by atoms with Gasteiger partial charge in [0.25, 0.3) is 0 Å². The summed E-state index contributed by atoms with van der Waals surface area (Å²) in [5.41, 5.74) is 0.565. The highest BCUT2D eigenvalue weighted by Crippen LogP contribution is 2.32. The zero-order valence-corrected chi connectivity index (χ0v) is 13.0. The second-order valence-electron chi connectivity index (χ2n) is 4.18. The molecule has 2 aromatic heterocycles. The van der Waals surface area contributed by atoms with Crippen molar-refractivity contribution in [2.24, 2.45) is 0 Å². The monoisotopic (exact) mass is 361 g/mol. The van der Waals surface area contributed by atoms with Gasteiger partial charge in [0, 0.05) is 0 Å². The number of hydrogen-bond donors (Lipinski definition) is 0. The molecule has 0 fully saturated rings. The molecule has 3 rings (SSSR count). The van der Waals surface area contributed by atoms with Crippen molar-refractivity contribution in [1.82, 2.24) is 0 Å². The number of benzene rings is 1. The summed E-state index contributed by atoms with van der Waals surface area (Å²) >= 11 is 4.66. The highest BCUT2D eigenvalue weighted by molar-refractivity contribution is 9.11.